The van der Waals surface area contributed by atoms with Crippen LogP contribution in [-0.2, 0) is 14.3 Å². The van der Waals surface area contributed by atoms with E-state index in [2.05, 4.69) is 0 Å². The number of carboxylic acid groups (broad SMARTS) is 1. The highest BCUT2D eigenvalue weighted by Crippen LogP contribution is 2.47. The average Bonchev–Trinajstić information content (AvgIpc) is 2.82. The molecule has 4 unspecified atom stereocenters. The minimum Gasteiger partial charge on any atom is -0.481 e. The highest BCUT2D eigenvalue weighted by Gasteiger charge is 2.57. The molecule has 132 valence electrons. The first-order chi connectivity index (χ1) is 11.8. The Hall–Kier alpha value is -2.34. The van der Waals surface area contributed by atoms with Crippen LogP contribution in [0.4, 0.5) is 5.69 Å². The predicted octanol–water partition coefficient (Wildman–Crippen LogP) is 2.75. The van der Waals surface area contributed by atoms with Crippen molar-refractivity contribution in [2.75, 3.05) is 12.0 Å². The number of carbonyl (C=O) groups is 3. The summed E-state index contributed by atoms with van der Waals surface area (Å²) in [7, 11) is 1.24. The molecule has 1 aliphatic carbocycles. The van der Waals surface area contributed by atoms with Crippen molar-refractivity contribution in [1.82, 2.24) is 0 Å². The fourth-order valence-corrected chi connectivity index (χ4v) is 4.19. The zero-order valence-electron chi connectivity index (χ0n) is 14.0. The Labute approximate surface area is 150 Å². The van der Waals surface area contributed by atoms with Crippen LogP contribution in [0.5, 0.6) is 0 Å². The smallest absolute Gasteiger partial charge is 0.340 e. The first kappa shape index (κ1) is 17.5. The summed E-state index contributed by atoms with van der Waals surface area (Å²) in [6, 6.07) is 3.92. The molecule has 1 amide bonds. The van der Waals surface area contributed by atoms with Crippen molar-refractivity contribution >= 4 is 35.1 Å². The maximum absolute atomic E-state index is 13.1. The molecule has 1 aromatic rings. The van der Waals surface area contributed by atoms with E-state index in [0.29, 0.717) is 10.7 Å². The van der Waals surface area contributed by atoms with Crippen LogP contribution in [0, 0.1) is 17.8 Å². The molecule has 6 nitrogen and oxygen atoms in total. The Balaban J connectivity index is 2.19. The van der Waals surface area contributed by atoms with Gasteiger partial charge >= 0.3 is 11.9 Å². The molecule has 4 atom stereocenters. The molecule has 0 saturated carbocycles. The second-order valence-electron chi connectivity index (χ2n) is 6.47. The standard InChI is InChI=1S/C18H18ClNO5/c1-8-6-9(2)15-14(17(22)23)13(8)16(21)20(15)12-5-4-10(19)7-11(12)18(24)25-3/h4-8,13-15H,1-3H3,(H,22,23). The van der Waals surface area contributed by atoms with Gasteiger partial charge in [-0.25, -0.2) is 4.79 Å². The van der Waals surface area contributed by atoms with Gasteiger partial charge in [0.1, 0.15) is 0 Å². The van der Waals surface area contributed by atoms with E-state index in [0.717, 1.165) is 5.57 Å². The van der Waals surface area contributed by atoms with Crippen LogP contribution in [0.1, 0.15) is 24.2 Å². The number of carbonyl (C=O) groups excluding carboxylic acids is 2. The van der Waals surface area contributed by atoms with Gasteiger partial charge in [0.25, 0.3) is 0 Å². The van der Waals surface area contributed by atoms with Crippen molar-refractivity contribution in [2.24, 2.45) is 17.8 Å². The summed E-state index contributed by atoms with van der Waals surface area (Å²) < 4.78 is 4.79. The molecule has 1 aliphatic heterocycles. The number of carboxylic acids is 1. The van der Waals surface area contributed by atoms with Crippen LogP contribution in [0.25, 0.3) is 0 Å². The molecular weight excluding hydrogens is 346 g/mol. The number of ether oxygens (including phenoxy) is 1. The molecule has 1 saturated heterocycles. The molecule has 2 bridgehead atoms. The van der Waals surface area contributed by atoms with Crippen molar-refractivity contribution < 1.29 is 24.2 Å². The maximum Gasteiger partial charge on any atom is 0.340 e. The van der Waals surface area contributed by atoms with Crippen LogP contribution in [-0.4, -0.2) is 36.1 Å². The van der Waals surface area contributed by atoms with Crippen LogP contribution in [0.15, 0.2) is 29.8 Å². The van der Waals surface area contributed by atoms with E-state index in [4.69, 9.17) is 16.3 Å². The summed E-state index contributed by atoms with van der Waals surface area (Å²) in [4.78, 5) is 38.5. The Morgan fingerprint density at radius 3 is 2.60 bits per heavy atom. The molecule has 1 heterocycles. The van der Waals surface area contributed by atoms with Crippen molar-refractivity contribution in [3.8, 4) is 0 Å². The number of amides is 1. The van der Waals surface area contributed by atoms with Gasteiger partial charge in [0.2, 0.25) is 5.91 Å². The number of aliphatic carboxylic acids is 1. The number of fused-ring (bicyclic) bond motifs is 2. The molecule has 1 N–H and O–H groups in total. The molecule has 1 aromatic carbocycles. The second kappa shape index (κ2) is 6.19. The minimum atomic E-state index is -1.02. The van der Waals surface area contributed by atoms with Gasteiger partial charge in [-0.15, -0.1) is 0 Å². The third-order valence-electron chi connectivity index (χ3n) is 5.00. The Morgan fingerprint density at radius 1 is 1.32 bits per heavy atom. The third-order valence-corrected chi connectivity index (χ3v) is 5.23. The minimum absolute atomic E-state index is 0.139. The number of esters is 1. The molecule has 25 heavy (non-hydrogen) atoms. The monoisotopic (exact) mass is 363 g/mol. The van der Waals surface area contributed by atoms with Gasteiger partial charge < -0.3 is 14.7 Å². The van der Waals surface area contributed by atoms with E-state index in [1.54, 1.807) is 12.1 Å². The third kappa shape index (κ3) is 2.61. The first-order valence-corrected chi connectivity index (χ1v) is 8.27. The number of allylic oxidation sites excluding steroid dienone is 1. The molecule has 0 spiro atoms. The summed E-state index contributed by atoms with van der Waals surface area (Å²) >= 11 is 5.99. The SMILES string of the molecule is COC(=O)c1cc(Cl)ccc1N1C(=O)C2C(C)C=C(C)C1C2C(=O)O. The van der Waals surface area contributed by atoms with Gasteiger partial charge in [0.05, 0.1) is 36.2 Å². The first-order valence-electron chi connectivity index (χ1n) is 7.90. The molecule has 7 heteroatoms. The van der Waals surface area contributed by atoms with Crippen LogP contribution in [0.3, 0.4) is 0 Å². The summed E-state index contributed by atoms with van der Waals surface area (Å²) in [5, 5.41) is 10.0. The molecular formula is C18H18ClNO5. The summed E-state index contributed by atoms with van der Waals surface area (Å²) in [5.41, 5.74) is 1.26. The maximum atomic E-state index is 13.1. The Kier molecular flexibility index (Phi) is 4.33. The number of rotatable bonds is 3. The average molecular weight is 364 g/mol. The van der Waals surface area contributed by atoms with E-state index in [-0.39, 0.29) is 17.4 Å². The number of hydrogen-bond acceptors (Lipinski definition) is 4. The second-order valence-corrected chi connectivity index (χ2v) is 6.90. The fraction of sp³-hybridized carbons (Fsp3) is 0.389. The van der Waals surface area contributed by atoms with Gasteiger partial charge in [-0.3, -0.25) is 9.59 Å². The van der Waals surface area contributed by atoms with E-state index >= 15 is 0 Å². The molecule has 0 aromatic heterocycles. The number of anilines is 1. The zero-order chi connectivity index (χ0) is 18.5. The lowest BCUT2D eigenvalue weighted by molar-refractivity contribution is -0.145. The Bertz CT molecular complexity index is 803. The normalized spacial score (nSPS) is 27.9. The molecule has 1 fully saturated rings. The lowest BCUT2D eigenvalue weighted by Gasteiger charge is -2.31. The van der Waals surface area contributed by atoms with Gasteiger partial charge in [0.15, 0.2) is 0 Å². The molecule has 3 rings (SSSR count). The summed E-state index contributed by atoms with van der Waals surface area (Å²) in [6.07, 6.45) is 1.93. The van der Waals surface area contributed by atoms with E-state index in [9.17, 15) is 19.5 Å². The van der Waals surface area contributed by atoms with Crippen LogP contribution >= 0.6 is 11.6 Å². The lowest BCUT2D eigenvalue weighted by atomic mass is 9.74. The van der Waals surface area contributed by atoms with Gasteiger partial charge in [0, 0.05) is 5.02 Å². The number of methoxy groups -OCH3 is 1. The van der Waals surface area contributed by atoms with Crippen molar-refractivity contribution in [2.45, 2.75) is 19.9 Å². The van der Waals surface area contributed by atoms with Gasteiger partial charge in [-0.2, -0.15) is 0 Å². The van der Waals surface area contributed by atoms with Crippen molar-refractivity contribution in [3.63, 3.8) is 0 Å². The summed E-state index contributed by atoms with van der Waals surface area (Å²) in [6.45, 7) is 3.65. The van der Waals surface area contributed by atoms with E-state index in [1.165, 1.54) is 18.1 Å². The quantitative estimate of drug-likeness (QED) is 0.659. The van der Waals surface area contributed by atoms with E-state index in [1.807, 2.05) is 19.9 Å². The van der Waals surface area contributed by atoms with Crippen molar-refractivity contribution in [3.05, 3.63) is 40.4 Å². The number of hydrogen-bond donors (Lipinski definition) is 1. The van der Waals surface area contributed by atoms with Gasteiger partial charge in [-0.1, -0.05) is 30.2 Å². The van der Waals surface area contributed by atoms with Crippen LogP contribution in [0.2, 0.25) is 5.02 Å². The number of halogens is 1. The zero-order valence-corrected chi connectivity index (χ0v) is 14.8. The lowest BCUT2D eigenvalue weighted by Crippen LogP contribution is -2.40. The van der Waals surface area contributed by atoms with Gasteiger partial charge in [-0.05, 0) is 31.0 Å². The Morgan fingerprint density at radius 2 is 2.00 bits per heavy atom. The molecule has 2 aliphatic rings. The van der Waals surface area contributed by atoms with Crippen molar-refractivity contribution in [1.29, 1.82) is 0 Å². The van der Waals surface area contributed by atoms with Crippen LogP contribution < -0.4 is 4.90 Å². The number of nitrogens with zero attached hydrogens (tertiary/aromatic N) is 1. The summed E-state index contributed by atoms with van der Waals surface area (Å²) in [5.74, 6) is -3.65. The topological polar surface area (TPSA) is 83.9 Å². The highest BCUT2D eigenvalue weighted by atomic mass is 35.5. The fourth-order valence-electron chi connectivity index (χ4n) is 4.01. The number of benzene rings is 1. The molecule has 0 radical (unpaired) electrons. The largest absolute Gasteiger partial charge is 0.481 e. The highest BCUT2D eigenvalue weighted by molar-refractivity contribution is 6.31. The van der Waals surface area contributed by atoms with E-state index < -0.39 is 29.8 Å². The predicted molar refractivity (Wildman–Crippen MR) is 91.6 cm³/mol.